The lowest BCUT2D eigenvalue weighted by atomic mass is 10.0. The number of benzene rings is 1. The van der Waals surface area contributed by atoms with Crippen molar-refractivity contribution < 1.29 is 4.74 Å². The summed E-state index contributed by atoms with van der Waals surface area (Å²) in [6, 6.07) is 8.19. The van der Waals surface area contributed by atoms with Crippen molar-refractivity contribution in [1.82, 2.24) is 4.98 Å². The summed E-state index contributed by atoms with van der Waals surface area (Å²) in [6.45, 7) is 1.24. The molecule has 0 aliphatic heterocycles. The maximum Gasteiger partial charge on any atom is 0.120 e. The van der Waals surface area contributed by atoms with Gasteiger partial charge in [0.25, 0.3) is 0 Å². The quantitative estimate of drug-likeness (QED) is 0.921. The van der Waals surface area contributed by atoms with Crippen molar-refractivity contribution in [2.45, 2.75) is 37.8 Å². The summed E-state index contributed by atoms with van der Waals surface area (Å²) < 4.78 is 6.98. The van der Waals surface area contributed by atoms with Gasteiger partial charge in [-0.3, -0.25) is 0 Å². The maximum absolute atomic E-state index is 6.26. The molecule has 0 spiro atoms. The Morgan fingerprint density at radius 3 is 2.83 bits per heavy atom. The molecule has 18 heavy (non-hydrogen) atoms. The molecule has 0 radical (unpaired) electrons. The molecule has 4 heteroatoms. The minimum absolute atomic E-state index is 0.0866. The number of ether oxygens (including phenoxy) is 1. The fraction of sp³-hybridized carbons (Fsp3) is 0.500. The van der Waals surface area contributed by atoms with Gasteiger partial charge in [0, 0.05) is 5.54 Å². The Bertz CT molecular complexity index is 498. The van der Waals surface area contributed by atoms with Crippen molar-refractivity contribution in [2.24, 2.45) is 5.73 Å². The van der Waals surface area contributed by atoms with E-state index < -0.39 is 0 Å². The van der Waals surface area contributed by atoms with Gasteiger partial charge in [-0.15, -0.1) is 11.3 Å². The van der Waals surface area contributed by atoms with Crippen LogP contribution in [0.25, 0.3) is 10.2 Å². The van der Waals surface area contributed by atoms with Gasteiger partial charge in [0.2, 0.25) is 0 Å². The van der Waals surface area contributed by atoms with E-state index in [1.54, 1.807) is 11.3 Å². The number of nitrogens with two attached hydrogens (primary N) is 1. The Kier molecular flexibility index (Phi) is 3.33. The van der Waals surface area contributed by atoms with Gasteiger partial charge in [-0.25, -0.2) is 4.98 Å². The smallest absolute Gasteiger partial charge is 0.120 e. The third-order valence-corrected chi connectivity index (χ3v) is 4.56. The third kappa shape index (κ3) is 2.55. The average Bonchev–Trinajstić information content (AvgIpc) is 2.95. The average molecular weight is 262 g/mol. The summed E-state index contributed by atoms with van der Waals surface area (Å²) in [6.07, 6.45) is 4.65. The molecule has 3 nitrogen and oxygen atoms in total. The molecule has 0 saturated heterocycles. The summed E-state index contributed by atoms with van der Waals surface area (Å²) >= 11 is 1.70. The normalized spacial score (nSPS) is 18.5. The summed E-state index contributed by atoms with van der Waals surface area (Å²) in [5.41, 5.74) is 7.23. The van der Waals surface area contributed by atoms with Crippen LogP contribution in [0.2, 0.25) is 0 Å². The molecular formula is C14H18N2OS. The van der Waals surface area contributed by atoms with Crippen LogP contribution in [-0.2, 0) is 11.3 Å². The van der Waals surface area contributed by atoms with E-state index in [4.69, 9.17) is 10.5 Å². The van der Waals surface area contributed by atoms with Crippen LogP contribution in [0.15, 0.2) is 24.3 Å². The highest BCUT2D eigenvalue weighted by Gasteiger charge is 2.29. The topological polar surface area (TPSA) is 48.1 Å². The predicted octanol–water partition coefficient (Wildman–Crippen LogP) is 3.08. The fourth-order valence-corrected chi connectivity index (χ4v) is 3.45. The van der Waals surface area contributed by atoms with E-state index in [1.165, 1.54) is 17.5 Å². The minimum atomic E-state index is -0.0866. The number of aromatic nitrogens is 1. The van der Waals surface area contributed by atoms with Crippen molar-refractivity contribution >= 4 is 21.6 Å². The first kappa shape index (κ1) is 12.1. The van der Waals surface area contributed by atoms with E-state index in [1.807, 2.05) is 18.2 Å². The molecule has 1 saturated carbocycles. The molecule has 1 fully saturated rings. The summed E-state index contributed by atoms with van der Waals surface area (Å²) in [5.74, 6) is 0. The number of para-hydroxylation sites is 1. The van der Waals surface area contributed by atoms with Crippen molar-refractivity contribution in [3.8, 4) is 0 Å². The molecule has 1 heterocycles. The van der Waals surface area contributed by atoms with Crippen LogP contribution < -0.4 is 5.73 Å². The molecule has 2 N–H and O–H groups in total. The zero-order valence-electron chi connectivity index (χ0n) is 10.4. The second kappa shape index (κ2) is 4.96. The van der Waals surface area contributed by atoms with E-state index in [0.29, 0.717) is 13.2 Å². The van der Waals surface area contributed by atoms with Gasteiger partial charge < -0.3 is 10.5 Å². The van der Waals surface area contributed by atoms with E-state index in [9.17, 15) is 0 Å². The van der Waals surface area contributed by atoms with Crippen LogP contribution in [0.3, 0.4) is 0 Å². The lowest BCUT2D eigenvalue weighted by Gasteiger charge is -2.22. The fourth-order valence-electron chi connectivity index (χ4n) is 2.55. The van der Waals surface area contributed by atoms with Crippen LogP contribution in [0, 0.1) is 0 Å². The second-order valence-corrected chi connectivity index (χ2v) is 6.25. The van der Waals surface area contributed by atoms with Gasteiger partial charge in [-0.1, -0.05) is 25.0 Å². The molecule has 0 amide bonds. The molecule has 2 aromatic rings. The number of hydrogen-bond acceptors (Lipinski definition) is 4. The SMILES string of the molecule is NC1(COCc2nc3ccccc3s2)CCCC1. The highest BCUT2D eigenvalue weighted by molar-refractivity contribution is 7.18. The van der Waals surface area contributed by atoms with E-state index in [2.05, 4.69) is 11.1 Å². The lowest BCUT2D eigenvalue weighted by Crippen LogP contribution is -2.41. The summed E-state index contributed by atoms with van der Waals surface area (Å²) in [5, 5.41) is 1.04. The van der Waals surface area contributed by atoms with Gasteiger partial charge in [-0.05, 0) is 25.0 Å². The molecule has 1 aromatic carbocycles. The molecule has 3 rings (SSSR count). The number of rotatable bonds is 4. The Balaban J connectivity index is 1.59. The third-order valence-electron chi connectivity index (χ3n) is 3.55. The number of hydrogen-bond donors (Lipinski definition) is 1. The summed E-state index contributed by atoms with van der Waals surface area (Å²) in [4.78, 5) is 4.55. The van der Waals surface area contributed by atoms with Crippen LogP contribution in [-0.4, -0.2) is 17.1 Å². The number of nitrogens with zero attached hydrogens (tertiary/aromatic N) is 1. The van der Waals surface area contributed by atoms with Crippen LogP contribution in [0.1, 0.15) is 30.7 Å². The molecule has 0 bridgehead atoms. The second-order valence-electron chi connectivity index (χ2n) is 5.14. The van der Waals surface area contributed by atoms with E-state index in [-0.39, 0.29) is 5.54 Å². The highest BCUT2D eigenvalue weighted by atomic mass is 32.1. The standard InChI is InChI=1S/C14H18N2OS/c15-14(7-3-4-8-14)10-17-9-13-16-11-5-1-2-6-12(11)18-13/h1-2,5-6H,3-4,7-10,15H2. The largest absolute Gasteiger partial charge is 0.372 e. The molecule has 1 aliphatic rings. The van der Waals surface area contributed by atoms with Crippen molar-refractivity contribution in [2.75, 3.05) is 6.61 Å². The van der Waals surface area contributed by atoms with E-state index >= 15 is 0 Å². The first-order chi connectivity index (χ1) is 8.75. The Labute approximate surface area is 111 Å². The Hall–Kier alpha value is -0.970. The van der Waals surface area contributed by atoms with E-state index in [0.717, 1.165) is 23.4 Å². The zero-order chi connectivity index (χ0) is 12.4. The summed E-state index contributed by atoms with van der Waals surface area (Å²) in [7, 11) is 0. The lowest BCUT2D eigenvalue weighted by molar-refractivity contribution is 0.0750. The molecule has 1 aromatic heterocycles. The monoisotopic (exact) mass is 262 g/mol. The van der Waals surface area contributed by atoms with Crippen molar-refractivity contribution in [1.29, 1.82) is 0 Å². The predicted molar refractivity (Wildman–Crippen MR) is 74.7 cm³/mol. The Morgan fingerprint density at radius 1 is 1.28 bits per heavy atom. The van der Waals surface area contributed by atoms with Gasteiger partial charge in [0.05, 0.1) is 23.4 Å². The van der Waals surface area contributed by atoms with Gasteiger partial charge in [-0.2, -0.15) is 0 Å². The molecule has 0 unspecified atom stereocenters. The maximum atomic E-state index is 6.26. The highest BCUT2D eigenvalue weighted by Crippen LogP contribution is 2.28. The first-order valence-corrected chi connectivity index (χ1v) is 7.28. The first-order valence-electron chi connectivity index (χ1n) is 6.46. The molecule has 96 valence electrons. The molecular weight excluding hydrogens is 244 g/mol. The van der Waals surface area contributed by atoms with Crippen LogP contribution >= 0.6 is 11.3 Å². The number of thiazole rings is 1. The molecule has 0 atom stereocenters. The van der Waals surface area contributed by atoms with Crippen LogP contribution in [0.5, 0.6) is 0 Å². The zero-order valence-corrected chi connectivity index (χ0v) is 11.2. The minimum Gasteiger partial charge on any atom is -0.372 e. The van der Waals surface area contributed by atoms with Gasteiger partial charge in [0.1, 0.15) is 5.01 Å². The van der Waals surface area contributed by atoms with Crippen molar-refractivity contribution in [3.63, 3.8) is 0 Å². The number of fused-ring (bicyclic) bond motifs is 1. The Morgan fingerprint density at radius 2 is 2.06 bits per heavy atom. The van der Waals surface area contributed by atoms with Crippen molar-refractivity contribution in [3.05, 3.63) is 29.3 Å². The van der Waals surface area contributed by atoms with Gasteiger partial charge in [0.15, 0.2) is 0 Å². The van der Waals surface area contributed by atoms with Crippen LogP contribution in [0.4, 0.5) is 0 Å². The van der Waals surface area contributed by atoms with Gasteiger partial charge >= 0.3 is 0 Å². The molecule has 1 aliphatic carbocycles.